The van der Waals surface area contributed by atoms with E-state index < -0.39 is 5.78 Å². The lowest BCUT2D eigenvalue weighted by Crippen LogP contribution is -2.27. The quantitative estimate of drug-likeness (QED) is 0.520. The number of ether oxygens (including phenoxy) is 2. The number of amidine groups is 1. The lowest BCUT2D eigenvalue weighted by molar-refractivity contribution is -0.107. The summed E-state index contributed by atoms with van der Waals surface area (Å²) in [7, 11) is 6.77. The van der Waals surface area contributed by atoms with Crippen molar-refractivity contribution in [1.29, 1.82) is 0 Å². The number of nitrogens with zero attached hydrogens (tertiary/aromatic N) is 4. The van der Waals surface area contributed by atoms with Crippen molar-refractivity contribution in [2.24, 2.45) is 30.0 Å². The van der Waals surface area contributed by atoms with E-state index in [0.717, 1.165) is 21.9 Å². The molecule has 3 heterocycles. The number of hydrogen-bond donors (Lipinski definition) is 1. The molecule has 1 aliphatic heterocycles. The molecular weight excluding hydrogens is 422 g/mol. The highest BCUT2D eigenvalue weighted by Crippen LogP contribution is 2.35. The zero-order chi connectivity index (χ0) is 23.4. The highest BCUT2D eigenvalue weighted by Gasteiger charge is 2.25. The maximum Gasteiger partial charge on any atom is 0.259 e. The Hall–Kier alpha value is -4.40. The number of Topliss-reactive ketones (excluding diaryl/α,β-unsaturated/α-hetero) is 1. The van der Waals surface area contributed by atoms with E-state index in [1.54, 1.807) is 44.0 Å². The summed E-state index contributed by atoms with van der Waals surface area (Å²) in [6.45, 7) is 0. The Labute approximate surface area is 188 Å². The van der Waals surface area contributed by atoms with Gasteiger partial charge in [-0.2, -0.15) is 0 Å². The molecule has 2 N–H and O–H groups in total. The molecule has 2 aromatic carbocycles. The Morgan fingerprint density at radius 3 is 2.30 bits per heavy atom. The highest BCUT2D eigenvalue weighted by molar-refractivity contribution is 6.70. The molecule has 0 spiro atoms. The molecule has 0 aliphatic carbocycles. The van der Waals surface area contributed by atoms with Gasteiger partial charge in [0.15, 0.2) is 5.84 Å². The lowest BCUT2D eigenvalue weighted by atomic mass is 10.0. The van der Waals surface area contributed by atoms with Gasteiger partial charge in [-0.25, -0.2) is 0 Å². The van der Waals surface area contributed by atoms with Gasteiger partial charge in [-0.1, -0.05) is 6.07 Å². The predicted molar refractivity (Wildman–Crippen MR) is 127 cm³/mol. The van der Waals surface area contributed by atoms with Crippen LogP contribution in [0.2, 0.25) is 0 Å². The first kappa shape index (κ1) is 20.5. The molecule has 33 heavy (non-hydrogen) atoms. The predicted octanol–water partition coefficient (Wildman–Crippen LogP) is 2.36. The Kier molecular flexibility index (Phi) is 4.56. The van der Waals surface area contributed by atoms with E-state index in [1.165, 1.54) is 0 Å². The number of aryl methyl sites for hydroxylation is 2. The monoisotopic (exact) mass is 443 g/mol. The molecule has 0 saturated heterocycles. The molecule has 0 amide bonds. The summed E-state index contributed by atoms with van der Waals surface area (Å²) in [5, 5.41) is 9.35. The fourth-order valence-corrected chi connectivity index (χ4v) is 4.36. The summed E-state index contributed by atoms with van der Waals surface area (Å²) in [5.74, 6) is 0.641. The van der Waals surface area contributed by atoms with Gasteiger partial charge in [-0.3, -0.25) is 14.2 Å². The minimum absolute atomic E-state index is 0.126. The maximum atomic E-state index is 13.4. The number of rotatable bonds is 4. The first-order valence-electron chi connectivity index (χ1n) is 10.2. The van der Waals surface area contributed by atoms with E-state index in [-0.39, 0.29) is 17.1 Å². The molecule has 0 radical (unpaired) electrons. The van der Waals surface area contributed by atoms with Gasteiger partial charge in [-0.15, -0.1) is 10.2 Å². The van der Waals surface area contributed by atoms with Crippen molar-refractivity contribution in [1.82, 2.24) is 9.13 Å². The molecule has 9 nitrogen and oxygen atoms in total. The summed E-state index contributed by atoms with van der Waals surface area (Å²) in [5.41, 5.74) is 9.06. The van der Waals surface area contributed by atoms with Crippen LogP contribution in [0.1, 0.15) is 5.56 Å². The van der Waals surface area contributed by atoms with E-state index in [4.69, 9.17) is 15.2 Å². The van der Waals surface area contributed by atoms with Crippen LogP contribution in [-0.4, -0.2) is 40.7 Å². The number of benzene rings is 2. The van der Waals surface area contributed by atoms with Crippen LogP contribution in [0.15, 0.2) is 57.5 Å². The van der Waals surface area contributed by atoms with Crippen LogP contribution in [0.25, 0.3) is 33.1 Å². The molecule has 9 heteroatoms. The number of carbonyl (C=O) groups excluding carboxylic acids is 1. The number of fused-ring (bicyclic) bond motifs is 3. The van der Waals surface area contributed by atoms with Crippen molar-refractivity contribution < 1.29 is 14.3 Å². The van der Waals surface area contributed by atoms with Crippen molar-refractivity contribution in [3.8, 4) is 22.6 Å². The van der Waals surface area contributed by atoms with Crippen LogP contribution in [0.3, 0.4) is 0 Å². The number of hydrogen-bond acceptors (Lipinski definition) is 7. The standard InChI is InChI=1S/C24H21N5O4/c1-28-18-8-5-12(20-21(30)22(25)27-26-20)9-15(18)16-11-17(24(31)29(2)23(16)28)14-7-6-13(32-3)10-19(14)33-4/h5-11H,1-4H3,(H2,25,27,30). The largest absolute Gasteiger partial charge is 0.497 e. The summed E-state index contributed by atoms with van der Waals surface area (Å²) in [6.07, 6.45) is 0. The van der Waals surface area contributed by atoms with Gasteiger partial charge < -0.3 is 19.8 Å². The third-order valence-corrected chi connectivity index (χ3v) is 6.03. The van der Waals surface area contributed by atoms with Crippen molar-refractivity contribution in [2.45, 2.75) is 0 Å². The number of carbonyl (C=O) groups is 1. The van der Waals surface area contributed by atoms with Crippen molar-refractivity contribution in [3.05, 3.63) is 58.4 Å². The molecule has 0 unspecified atom stereocenters. The van der Waals surface area contributed by atoms with Crippen LogP contribution in [0.5, 0.6) is 11.5 Å². The van der Waals surface area contributed by atoms with Gasteiger partial charge in [0, 0.05) is 42.1 Å². The van der Waals surface area contributed by atoms with Gasteiger partial charge in [-0.05, 0) is 30.3 Å². The molecule has 0 atom stereocenters. The topological polar surface area (TPSA) is 113 Å². The summed E-state index contributed by atoms with van der Waals surface area (Å²) in [4.78, 5) is 25.7. The fraction of sp³-hybridized carbons (Fsp3) is 0.167. The minimum atomic E-state index is -0.398. The number of nitrogens with two attached hydrogens (primary N) is 1. The molecule has 1 aliphatic rings. The van der Waals surface area contributed by atoms with Gasteiger partial charge in [0.05, 0.1) is 25.3 Å². The molecule has 0 saturated carbocycles. The highest BCUT2D eigenvalue weighted by atomic mass is 16.5. The maximum absolute atomic E-state index is 13.4. The van der Waals surface area contributed by atoms with Crippen molar-refractivity contribution >= 4 is 39.3 Å². The number of aromatic nitrogens is 2. The summed E-state index contributed by atoms with van der Waals surface area (Å²) < 4.78 is 14.4. The Morgan fingerprint density at radius 1 is 0.848 bits per heavy atom. The van der Waals surface area contributed by atoms with Gasteiger partial charge in [0.1, 0.15) is 22.9 Å². The smallest absolute Gasteiger partial charge is 0.259 e. The van der Waals surface area contributed by atoms with E-state index in [2.05, 4.69) is 10.2 Å². The first-order chi connectivity index (χ1) is 15.8. The second-order valence-electron chi connectivity index (χ2n) is 7.78. The van der Waals surface area contributed by atoms with E-state index in [1.807, 2.05) is 35.9 Å². The SMILES string of the molecule is COc1ccc(-c2cc3c4cc(C5=NN=C(N)C5=O)ccc4n(C)c3n(C)c2=O)c(OC)c1. The zero-order valence-electron chi connectivity index (χ0n) is 18.5. The molecule has 166 valence electrons. The van der Waals surface area contributed by atoms with Crippen molar-refractivity contribution in [3.63, 3.8) is 0 Å². The van der Waals surface area contributed by atoms with Gasteiger partial charge in [0.2, 0.25) is 5.78 Å². The molecule has 0 fully saturated rings. The van der Waals surface area contributed by atoms with E-state index in [0.29, 0.717) is 28.2 Å². The second-order valence-corrected chi connectivity index (χ2v) is 7.78. The summed E-state index contributed by atoms with van der Waals surface area (Å²) in [6, 6.07) is 12.8. The van der Waals surface area contributed by atoms with Gasteiger partial charge >= 0.3 is 0 Å². The van der Waals surface area contributed by atoms with Crippen LogP contribution < -0.4 is 20.8 Å². The number of pyridine rings is 1. The molecule has 2 aromatic heterocycles. The lowest BCUT2D eigenvalue weighted by Gasteiger charge is -2.12. The molecule has 0 bridgehead atoms. The summed E-state index contributed by atoms with van der Waals surface area (Å²) >= 11 is 0. The molecule has 5 rings (SSSR count). The first-order valence-corrected chi connectivity index (χ1v) is 10.2. The van der Waals surface area contributed by atoms with Crippen LogP contribution in [0.4, 0.5) is 0 Å². The van der Waals surface area contributed by atoms with E-state index >= 15 is 0 Å². The fourth-order valence-electron chi connectivity index (χ4n) is 4.36. The number of ketones is 1. The normalized spacial score (nSPS) is 13.5. The van der Waals surface area contributed by atoms with Gasteiger partial charge in [0.25, 0.3) is 5.56 Å². The third-order valence-electron chi connectivity index (χ3n) is 6.03. The Morgan fingerprint density at radius 2 is 1.64 bits per heavy atom. The molecular formula is C24H21N5O4. The average Bonchev–Trinajstić information content (AvgIpc) is 3.31. The zero-order valence-corrected chi connectivity index (χ0v) is 18.5. The van der Waals surface area contributed by atoms with Crippen LogP contribution >= 0.6 is 0 Å². The second kappa shape index (κ2) is 7.33. The molecule has 4 aromatic rings. The van der Waals surface area contributed by atoms with Crippen LogP contribution in [0, 0.1) is 0 Å². The Bertz CT molecular complexity index is 1610. The van der Waals surface area contributed by atoms with E-state index in [9.17, 15) is 9.59 Å². The third kappa shape index (κ3) is 2.93. The van der Waals surface area contributed by atoms with Crippen molar-refractivity contribution in [2.75, 3.05) is 14.2 Å². The Balaban J connectivity index is 1.80. The average molecular weight is 443 g/mol. The minimum Gasteiger partial charge on any atom is -0.497 e. The van der Waals surface area contributed by atoms with Crippen LogP contribution in [-0.2, 0) is 18.9 Å². The number of methoxy groups -OCH3 is 2.